The van der Waals surface area contributed by atoms with Crippen LogP contribution in [0, 0.1) is 0 Å². The Morgan fingerprint density at radius 3 is 2.89 bits per heavy atom. The van der Waals surface area contributed by atoms with Crippen molar-refractivity contribution in [2.45, 2.75) is 44.3 Å². The second-order valence-corrected chi connectivity index (χ2v) is 7.39. The number of aryl methyl sites for hydroxylation is 1. The highest BCUT2D eigenvalue weighted by molar-refractivity contribution is 5.77. The lowest BCUT2D eigenvalue weighted by Crippen LogP contribution is -2.50. The summed E-state index contributed by atoms with van der Waals surface area (Å²) in [4.78, 5) is 31.6. The normalized spacial score (nSPS) is 23.1. The third kappa shape index (κ3) is 4.04. The fourth-order valence-electron chi connectivity index (χ4n) is 4.07. The zero-order valence-corrected chi connectivity index (χ0v) is 15.5. The number of carbonyl (C=O) groups excluding carboxylic acids is 1. The predicted octanol–water partition coefficient (Wildman–Crippen LogP) is 1.16. The maximum Gasteiger partial charge on any atom is 0.261 e. The third-order valence-corrected chi connectivity index (χ3v) is 5.54. The zero-order valence-electron chi connectivity index (χ0n) is 15.5. The van der Waals surface area contributed by atoms with Crippen LogP contribution < -0.4 is 10.9 Å². The van der Waals surface area contributed by atoms with Gasteiger partial charge in [0.15, 0.2) is 0 Å². The Balaban J connectivity index is 1.29. The maximum atomic E-state index is 12.5. The first-order valence-corrected chi connectivity index (χ1v) is 9.78. The van der Waals surface area contributed by atoms with Gasteiger partial charge >= 0.3 is 0 Å². The highest BCUT2D eigenvalue weighted by Crippen LogP contribution is 2.19. The van der Waals surface area contributed by atoms with Gasteiger partial charge in [-0.25, -0.2) is 4.98 Å². The summed E-state index contributed by atoms with van der Waals surface area (Å²) in [7, 11) is 0. The van der Waals surface area contributed by atoms with E-state index in [1.807, 2.05) is 18.2 Å². The van der Waals surface area contributed by atoms with Crippen LogP contribution in [-0.4, -0.2) is 58.7 Å². The van der Waals surface area contributed by atoms with Crippen LogP contribution in [0.25, 0.3) is 10.9 Å². The van der Waals surface area contributed by atoms with Crippen molar-refractivity contribution in [1.82, 2.24) is 19.8 Å². The van der Waals surface area contributed by atoms with E-state index in [0.29, 0.717) is 49.5 Å². The van der Waals surface area contributed by atoms with Crippen LogP contribution >= 0.6 is 0 Å². The van der Waals surface area contributed by atoms with Gasteiger partial charge in [-0.05, 0) is 44.5 Å². The number of nitrogens with zero attached hydrogens (tertiary/aromatic N) is 3. The van der Waals surface area contributed by atoms with Crippen LogP contribution in [0.2, 0.25) is 0 Å². The molecule has 0 unspecified atom stereocenters. The molecule has 3 heterocycles. The average Bonchev–Trinajstić information content (AvgIpc) is 3.35. The molecule has 144 valence electrons. The molecule has 2 fully saturated rings. The number of nitrogens with one attached hydrogen (secondary N) is 1. The number of likely N-dealkylation sites (tertiary alicyclic amines) is 1. The second-order valence-electron chi connectivity index (χ2n) is 7.39. The molecule has 0 radical (unpaired) electrons. The van der Waals surface area contributed by atoms with Gasteiger partial charge in [0.2, 0.25) is 5.91 Å². The minimum absolute atomic E-state index is 0.0245. The molecule has 2 aliphatic heterocycles. The molecule has 0 spiro atoms. The summed E-state index contributed by atoms with van der Waals surface area (Å²) in [5.41, 5.74) is 0.643. The number of para-hydroxylation sites is 1. The summed E-state index contributed by atoms with van der Waals surface area (Å²) in [5.74, 6) is 0.0245. The van der Waals surface area contributed by atoms with Crippen molar-refractivity contribution in [3.63, 3.8) is 0 Å². The summed E-state index contributed by atoms with van der Waals surface area (Å²) < 4.78 is 7.19. The largest absolute Gasteiger partial charge is 0.378 e. The van der Waals surface area contributed by atoms with Gasteiger partial charge < -0.3 is 10.1 Å². The lowest BCUT2D eigenvalue weighted by atomic mass is 10.1. The first kappa shape index (κ1) is 18.1. The Morgan fingerprint density at radius 2 is 2.04 bits per heavy atom. The van der Waals surface area contributed by atoms with E-state index >= 15 is 0 Å². The van der Waals surface area contributed by atoms with Gasteiger partial charge in [0, 0.05) is 13.0 Å². The number of ether oxygens (including phenoxy) is 1. The van der Waals surface area contributed by atoms with Crippen LogP contribution in [0.5, 0.6) is 0 Å². The highest BCUT2D eigenvalue weighted by Gasteiger charge is 2.35. The lowest BCUT2D eigenvalue weighted by molar-refractivity contribution is -0.122. The number of hydrogen-bond acceptors (Lipinski definition) is 5. The SMILES string of the molecule is O=C(CCCn1cnc2ccccc2c1=O)N[C@H]1COC[C@@H]1N1CCCC1. The molecule has 1 amide bonds. The van der Waals surface area contributed by atoms with E-state index in [9.17, 15) is 9.59 Å². The molecule has 2 aliphatic rings. The molecule has 7 nitrogen and oxygen atoms in total. The Bertz CT molecular complexity index is 860. The van der Waals surface area contributed by atoms with Crippen LogP contribution in [0.4, 0.5) is 0 Å². The molecule has 2 saturated heterocycles. The first-order valence-electron chi connectivity index (χ1n) is 9.78. The number of amides is 1. The Hall–Kier alpha value is -2.25. The summed E-state index contributed by atoms with van der Waals surface area (Å²) in [6, 6.07) is 7.68. The number of benzene rings is 1. The predicted molar refractivity (Wildman–Crippen MR) is 103 cm³/mol. The van der Waals surface area contributed by atoms with E-state index < -0.39 is 0 Å². The average molecular weight is 370 g/mol. The number of aromatic nitrogens is 2. The minimum atomic E-state index is -0.0562. The van der Waals surface area contributed by atoms with E-state index in [1.165, 1.54) is 12.8 Å². The molecule has 7 heteroatoms. The molecule has 2 atom stereocenters. The van der Waals surface area contributed by atoms with Gasteiger partial charge in [0.05, 0.1) is 42.5 Å². The fourth-order valence-corrected chi connectivity index (χ4v) is 4.07. The van der Waals surface area contributed by atoms with Crippen molar-refractivity contribution in [2.24, 2.45) is 0 Å². The molecular weight excluding hydrogens is 344 g/mol. The number of hydrogen-bond donors (Lipinski definition) is 1. The molecule has 27 heavy (non-hydrogen) atoms. The molecule has 4 rings (SSSR count). The molecule has 2 aromatic rings. The van der Waals surface area contributed by atoms with Gasteiger partial charge in [-0.2, -0.15) is 0 Å². The summed E-state index contributed by atoms with van der Waals surface area (Å²) >= 11 is 0. The van der Waals surface area contributed by atoms with Gasteiger partial charge in [0.25, 0.3) is 5.56 Å². The van der Waals surface area contributed by atoms with E-state index in [1.54, 1.807) is 17.0 Å². The van der Waals surface area contributed by atoms with Crippen LogP contribution in [0.1, 0.15) is 25.7 Å². The third-order valence-electron chi connectivity index (χ3n) is 5.54. The number of carbonyl (C=O) groups is 1. The number of rotatable bonds is 6. The quantitative estimate of drug-likeness (QED) is 0.826. The monoisotopic (exact) mass is 370 g/mol. The molecule has 0 bridgehead atoms. The van der Waals surface area contributed by atoms with Gasteiger partial charge in [-0.15, -0.1) is 0 Å². The molecule has 1 aromatic carbocycles. The smallest absolute Gasteiger partial charge is 0.261 e. The highest BCUT2D eigenvalue weighted by atomic mass is 16.5. The zero-order chi connectivity index (χ0) is 18.6. The fraction of sp³-hybridized carbons (Fsp3) is 0.550. The van der Waals surface area contributed by atoms with Crippen LogP contribution in [-0.2, 0) is 16.1 Å². The van der Waals surface area contributed by atoms with E-state index in [-0.39, 0.29) is 17.5 Å². The standard InChI is InChI=1S/C20H26N4O3/c25-19(22-17-12-27-13-18(17)23-9-3-4-10-23)8-5-11-24-14-21-16-7-2-1-6-15(16)20(24)26/h1-2,6-7,14,17-18H,3-5,8-13H2,(H,22,25)/t17-,18-/m0/s1. The van der Waals surface area contributed by atoms with Crippen molar-refractivity contribution in [3.05, 3.63) is 40.9 Å². The molecule has 1 aromatic heterocycles. The summed E-state index contributed by atoms with van der Waals surface area (Å²) in [6.07, 6.45) is 5.02. The van der Waals surface area contributed by atoms with Gasteiger partial charge in [-0.1, -0.05) is 12.1 Å². The first-order chi connectivity index (χ1) is 13.2. The Kier molecular flexibility index (Phi) is 5.50. The topological polar surface area (TPSA) is 76.5 Å². The van der Waals surface area contributed by atoms with Gasteiger partial charge in [-0.3, -0.25) is 19.1 Å². The van der Waals surface area contributed by atoms with Crippen molar-refractivity contribution < 1.29 is 9.53 Å². The van der Waals surface area contributed by atoms with Crippen molar-refractivity contribution in [2.75, 3.05) is 26.3 Å². The minimum Gasteiger partial charge on any atom is -0.378 e. The van der Waals surface area contributed by atoms with Crippen molar-refractivity contribution in [3.8, 4) is 0 Å². The van der Waals surface area contributed by atoms with Crippen LogP contribution in [0.15, 0.2) is 35.4 Å². The van der Waals surface area contributed by atoms with E-state index in [4.69, 9.17) is 4.74 Å². The summed E-state index contributed by atoms with van der Waals surface area (Å²) in [6.45, 7) is 3.96. The summed E-state index contributed by atoms with van der Waals surface area (Å²) in [5, 5.41) is 3.74. The van der Waals surface area contributed by atoms with Crippen molar-refractivity contribution >= 4 is 16.8 Å². The van der Waals surface area contributed by atoms with E-state index in [0.717, 1.165) is 13.1 Å². The molecule has 0 saturated carbocycles. The molecular formula is C20H26N4O3. The molecule has 1 N–H and O–H groups in total. The Morgan fingerprint density at radius 1 is 1.22 bits per heavy atom. The lowest BCUT2D eigenvalue weighted by Gasteiger charge is -2.27. The maximum absolute atomic E-state index is 12.5. The Labute approximate surface area is 158 Å². The van der Waals surface area contributed by atoms with Crippen LogP contribution in [0.3, 0.4) is 0 Å². The molecule has 0 aliphatic carbocycles. The van der Waals surface area contributed by atoms with E-state index in [2.05, 4.69) is 15.2 Å². The second kappa shape index (κ2) is 8.19. The van der Waals surface area contributed by atoms with Gasteiger partial charge in [0.1, 0.15) is 0 Å². The number of fused-ring (bicyclic) bond motifs is 1. The van der Waals surface area contributed by atoms with Crippen molar-refractivity contribution in [1.29, 1.82) is 0 Å².